The molecule has 3 aromatic rings. The molecule has 25 heavy (non-hydrogen) atoms. The number of benzene rings is 1. The Kier molecular flexibility index (Phi) is 3.76. The van der Waals surface area contributed by atoms with Gasteiger partial charge in [-0.25, -0.2) is 0 Å². The quantitative estimate of drug-likeness (QED) is 0.779. The molecule has 0 saturated heterocycles. The van der Waals surface area contributed by atoms with E-state index >= 15 is 0 Å². The maximum Gasteiger partial charge on any atom is 0.416 e. The summed E-state index contributed by atoms with van der Waals surface area (Å²) >= 11 is 0. The molecule has 4 nitrogen and oxygen atoms in total. The lowest BCUT2D eigenvalue weighted by Crippen LogP contribution is -2.18. The molecule has 0 aliphatic heterocycles. The zero-order valence-corrected chi connectivity index (χ0v) is 13.2. The SMILES string of the molecule is OC(Cn1ncc2ncc(-c3cccc(C(F)(F)F)c3)cc21)C1CC1. The summed E-state index contributed by atoms with van der Waals surface area (Å²) < 4.78 is 40.4. The van der Waals surface area contributed by atoms with E-state index in [1.807, 2.05) is 0 Å². The number of pyridine rings is 1. The molecule has 1 atom stereocenters. The maximum absolute atomic E-state index is 12.9. The Balaban J connectivity index is 1.71. The highest BCUT2D eigenvalue weighted by atomic mass is 19.4. The number of aliphatic hydroxyl groups is 1. The van der Waals surface area contributed by atoms with Gasteiger partial charge in [-0.05, 0) is 42.5 Å². The van der Waals surface area contributed by atoms with Crippen LogP contribution in [-0.2, 0) is 12.7 Å². The van der Waals surface area contributed by atoms with Crippen molar-refractivity contribution < 1.29 is 18.3 Å². The average Bonchev–Trinajstić information content (AvgIpc) is 3.37. The lowest BCUT2D eigenvalue weighted by Gasteiger charge is -2.11. The lowest BCUT2D eigenvalue weighted by molar-refractivity contribution is -0.137. The lowest BCUT2D eigenvalue weighted by atomic mass is 10.0. The maximum atomic E-state index is 12.9. The Labute approximate surface area is 141 Å². The van der Waals surface area contributed by atoms with Crippen molar-refractivity contribution in [2.75, 3.05) is 0 Å². The van der Waals surface area contributed by atoms with Gasteiger partial charge in [-0.2, -0.15) is 18.3 Å². The highest BCUT2D eigenvalue weighted by Crippen LogP contribution is 2.34. The van der Waals surface area contributed by atoms with Crippen LogP contribution in [0.3, 0.4) is 0 Å². The van der Waals surface area contributed by atoms with Crippen LogP contribution in [0.15, 0.2) is 42.7 Å². The molecule has 1 fully saturated rings. The molecule has 0 bridgehead atoms. The van der Waals surface area contributed by atoms with E-state index in [1.165, 1.54) is 6.07 Å². The van der Waals surface area contributed by atoms with Crippen LogP contribution in [0.5, 0.6) is 0 Å². The number of fused-ring (bicyclic) bond motifs is 1. The average molecular weight is 347 g/mol. The largest absolute Gasteiger partial charge is 0.416 e. The van der Waals surface area contributed by atoms with Crippen molar-refractivity contribution in [3.63, 3.8) is 0 Å². The summed E-state index contributed by atoms with van der Waals surface area (Å²) in [5.74, 6) is 0.318. The minimum Gasteiger partial charge on any atom is -0.391 e. The van der Waals surface area contributed by atoms with Crippen molar-refractivity contribution in [2.24, 2.45) is 5.92 Å². The van der Waals surface area contributed by atoms with E-state index in [9.17, 15) is 18.3 Å². The predicted molar refractivity (Wildman–Crippen MR) is 86.7 cm³/mol. The van der Waals surface area contributed by atoms with Crippen molar-refractivity contribution in [3.8, 4) is 11.1 Å². The van der Waals surface area contributed by atoms with E-state index in [2.05, 4.69) is 10.1 Å². The monoisotopic (exact) mass is 347 g/mol. The molecule has 4 rings (SSSR count). The number of nitrogens with zero attached hydrogens (tertiary/aromatic N) is 3. The van der Waals surface area contributed by atoms with Gasteiger partial charge >= 0.3 is 6.18 Å². The molecule has 1 aliphatic carbocycles. The standard InChI is InChI=1S/C18H16F3N3O/c19-18(20,21)14-3-1-2-12(6-14)13-7-16-15(22-8-13)9-23-24(16)10-17(25)11-4-5-11/h1-3,6-9,11,17,25H,4-5,10H2. The van der Waals surface area contributed by atoms with E-state index in [-0.39, 0.29) is 0 Å². The highest BCUT2D eigenvalue weighted by molar-refractivity contribution is 5.80. The minimum absolute atomic E-state index is 0.318. The number of aliphatic hydroxyl groups excluding tert-OH is 1. The first-order chi connectivity index (χ1) is 11.9. The summed E-state index contributed by atoms with van der Waals surface area (Å²) in [6.45, 7) is 0.363. The van der Waals surface area contributed by atoms with Gasteiger partial charge in [0.1, 0.15) is 5.52 Å². The summed E-state index contributed by atoms with van der Waals surface area (Å²) in [4.78, 5) is 4.29. The predicted octanol–water partition coefficient (Wildman–Crippen LogP) is 3.89. The first kappa shape index (κ1) is 16.1. The Morgan fingerprint density at radius 3 is 2.68 bits per heavy atom. The molecule has 2 aromatic heterocycles. The van der Waals surface area contributed by atoms with Crippen molar-refractivity contribution in [3.05, 3.63) is 48.3 Å². The van der Waals surface area contributed by atoms with Gasteiger partial charge in [0, 0.05) is 11.8 Å². The molecule has 1 saturated carbocycles. The van der Waals surface area contributed by atoms with Gasteiger partial charge in [0.15, 0.2) is 0 Å². The topological polar surface area (TPSA) is 50.9 Å². The molecule has 130 valence electrons. The number of hydrogen-bond donors (Lipinski definition) is 1. The fraction of sp³-hybridized carbons (Fsp3) is 0.333. The fourth-order valence-electron chi connectivity index (χ4n) is 2.94. The fourth-order valence-corrected chi connectivity index (χ4v) is 2.94. The van der Waals surface area contributed by atoms with E-state index < -0.39 is 17.8 Å². The normalized spacial score (nSPS) is 16.3. The van der Waals surface area contributed by atoms with Gasteiger partial charge in [0.2, 0.25) is 0 Å². The van der Waals surface area contributed by atoms with Gasteiger partial charge in [-0.3, -0.25) is 9.67 Å². The molecular weight excluding hydrogens is 331 g/mol. The smallest absolute Gasteiger partial charge is 0.391 e. The molecule has 0 amide bonds. The van der Waals surface area contributed by atoms with E-state index in [0.29, 0.717) is 34.6 Å². The van der Waals surface area contributed by atoms with Crippen LogP contribution in [-0.4, -0.2) is 26.0 Å². The third-order valence-corrected chi connectivity index (χ3v) is 4.54. The third-order valence-electron chi connectivity index (χ3n) is 4.54. The van der Waals surface area contributed by atoms with Crippen LogP contribution in [0.1, 0.15) is 18.4 Å². The zero-order valence-electron chi connectivity index (χ0n) is 13.2. The number of aromatic nitrogens is 3. The Morgan fingerprint density at radius 1 is 1.16 bits per heavy atom. The Morgan fingerprint density at radius 2 is 1.96 bits per heavy atom. The second-order valence-electron chi connectivity index (χ2n) is 6.44. The Hall–Kier alpha value is -2.41. The third kappa shape index (κ3) is 3.24. The van der Waals surface area contributed by atoms with Gasteiger partial charge in [0.25, 0.3) is 0 Å². The second-order valence-corrected chi connectivity index (χ2v) is 6.44. The summed E-state index contributed by atoms with van der Waals surface area (Å²) in [7, 11) is 0. The van der Waals surface area contributed by atoms with Crippen LogP contribution < -0.4 is 0 Å². The molecule has 1 N–H and O–H groups in total. The number of halogens is 3. The second kappa shape index (κ2) is 5.84. The molecule has 2 heterocycles. The van der Waals surface area contributed by atoms with E-state index in [0.717, 1.165) is 25.0 Å². The Bertz CT molecular complexity index is 915. The molecule has 0 spiro atoms. The molecule has 1 aromatic carbocycles. The molecule has 1 aliphatic rings. The summed E-state index contributed by atoms with van der Waals surface area (Å²) in [5, 5.41) is 14.4. The summed E-state index contributed by atoms with van der Waals surface area (Å²) in [5.41, 5.74) is 1.69. The van der Waals surface area contributed by atoms with Crippen molar-refractivity contribution in [1.29, 1.82) is 0 Å². The first-order valence-electron chi connectivity index (χ1n) is 8.09. The number of hydrogen-bond acceptors (Lipinski definition) is 3. The van der Waals surface area contributed by atoms with Crippen LogP contribution in [0.4, 0.5) is 13.2 Å². The molecular formula is C18H16F3N3O. The van der Waals surface area contributed by atoms with Crippen molar-refractivity contribution in [2.45, 2.75) is 31.7 Å². The van der Waals surface area contributed by atoms with Crippen molar-refractivity contribution in [1.82, 2.24) is 14.8 Å². The van der Waals surface area contributed by atoms with Crippen LogP contribution in [0.25, 0.3) is 22.2 Å². The van der Waals surface area contributed by atoms with Crippen LogP contribution >= 0.6 is 0 Å². The summed E-state index contributed by atoms with van der Waals surface area (Å²) in [6.07, 6.45) is 0.345. The van der Waals surface area contributed by atoms with E-state index in [4.69, 9.17) is 0 Å². The van der Waals surface area contributed by atoms with Crippen LogP contribution in [0, 0.1) is 5.92 Å². The number of alkyl halides is 3. The summed E-state index contributed by atoms with van der Waals surface area (Å²) in [6, 6.07) is 6.94. The van der Waals surface area contributed by atoms with Gasteiger partial charge in [-0.1, -0.05) is 12.1 Å². The van der Waals surface area contributed by atoms with Gasteiger partial charge < -0.3 is 5.11 Å². The molecule has 7 heteroatoms. The molecule has 0 radical (unpaired) electrons. The van der Waals surface area contributed by atoms with Gasteiger partial charge in [0.05, 0.1) is 29.9 Å². The highest BCUT2D eigenvalue weighted by Gasteiger charge is 2.31. The molecule has 1 unspecified atom stereocenters. The number of rotatable bonds is 4. The minimum atomic E-state index is -4.39. The zero-order chi connectivity index (χ0) is 17.6. The first-order valence-corrected chi connectivity index (χ1v) is 8.09. The van der Waals surface area contributed by atoms with E-state index in [1.54, 1.807) is 29.2 Å². The van der Waals surface area contributed by atoms with Crippen molar-refractivity contribution >= 4 is 11.0 Å². The van der Waals surface area contributed by atoms with Crippen LogP contribution in [0.2, 0.25) is 0 Å². The van der Waals surface area contributed by atoms with Gasteiger partial charge in [-0.15, -0.1) is 0 Å².